The lowest BCUT2D eigenvalue weighted by Crippen LogP contribution is -2.43. The minimum atomic E-state index is -0.162. The monoisotopic (exact) mass is 446 g/mol. The Morgan fingerprint density at radius 1 is 1.06 bits per heavy atom. The number of H-pyrrole nitrogens is 1. The molecule has 5 rings (SSSR count). The van der Waals surface area contributed by atoms with Gasteiger partial charge in [0, 0.05) is 16.7 Å². The number of thioether (sulfide) groups is 1. The number of para-hydroxylation sites is 1. The first-order chi connectivity index (χ1) is 15.6. The highest BCUT2D eigenvalue weighted by Gasteiger charge is 2.44. The second kappa shape index (κ2) is 9.14. The maximum Gasteiger partial charge on any atom is 0.255 e. The summed E-state index contributed by atoms with van der Waals surface area (Å²) in [7, 11) is 0. The van der Waals surface area contributed by atoms with Gasteiger partial charge in [-0.3, -0.25) is 4.79 Å². The van der Waals surface area contributed by atoms with Crippen molar-refractivity contribution in [2.75, 3.05) is 12.4 Å². The van der Waals surface area contributed by atoms with E-state index in [2.05, 4.69) is 36.2 Å². The maximum atomic E-state index is 13.5. The summed E-state index contributed by atoms with van der Waals surface area (Å²) >= 11 is 1.55. The van der Waals surface area contributed by atoms with Crippen LogP contribution >= 0.6 is 11.8 Å². The number of fused-ring (bicyclic) bond motifs is 3. The molecule has 0 amide bonds. The molecule has 1 aromatic heterocycles. The number of hydrogen-bond donors (Lipinski definition) is 1. The third-order valence-corrected chi connectivity index (χ3v) is 7.98. The number of benzene rings is 2. The van der Waals surface area contributed by atoms with Gasteiger partial charge in [-0.2, -0.15) is 0 Å². The fourth-order valence-corrected chi connectivity index (χ4v) is 6.22. The first kappa shape index (κ1) is 21.3. The molecule has 5 heteroatoms. The summed E-state index contributed by atoms with van der Waals surface area (Å²) in [6.45, 7) is 2.86. The van der Waals surface area contributed by atoms with Crippen LogP contribution in [-0.4, -0.2) is 22.3 Å². The minimum Gasteiger partial charge on any atom is -0.493 e. The highest BCUT2D eigenvalue weighted by molar-refractivity contribution is 7.99. The quantitative estimate of drug-likeness (QED) is 0.287. The normalized spacial score (nSPS) is 20.4. The summed E-state index contributed by atoms with van der Waals surface area (Å²) in [5, 5.41) is 0.674. The summed E-state index contributed by atoms with van der Waals surface area (Å²) in [4.78, 5) is 21.6. The molecule has 1 atom stereocenters. The van der Waals surface area contributed by atoms with Crippen LogP contribution in [0.5, 0.6) is 5.75 Å². The highest BCUT2D eigenvalue weighted by atomic mass is 32.2. The van der Waals surface area contributed by atoms with Gasteiger partial charge >= 0.3 is 0 Å². The van der Waals surface area contributed by atoms with Crippen LogP contribution in [0.3, 0.4) is 0 Å². The fraction of sp³-hybridized carbons (Fsp3) is 0.407. The first-order valence-electron chi connectivity index (χ1n) is 11.7. The number of ether oxygens (including phenoxy) is 1. The molecule has 2 aliphatic rings. The van der Waals surface area contributed by atoms with Gasteiger partial charge in [0.15, 0.2) is 5.16 Å². The lowest BCUT2D eigenvalue weighted by atomic mass is 9.60. The summed E-state index contributed by atoms with van der Waals surface area (Å²) in [6, 6.07) is 18.3. The van der Waals surface area contributed by atoms with E-state index >= 15 is 0 Å². The van der Waals surface area contributed by atoms with Crippen LogP contribution in [0.4, 0.5) is 0 Å². The van der Waals surface area contributed by atoms with E-state index in [0.29, 0.717) is 17.7 Å². The Balaban J connectivity index is 1.44. The van der Waals surface area contributed by atoms with Crippen molar-refractivity contribution in [3.8, 4) is 17.0 Å². The fourth-order valence-electron chi connectivity index (χ4n) is 5.54. The van der Waals surface area contributed by atoms with Gasteiger partial charge < -0.3 is 9.72 Å². The Bertz CT molecular complexity index is 1140. The number of nitrogens with one attached hydrogen (secondary N) is 1. The lowest BCUT2D eigenvalue weighted by Gasteiger charge is -2.43. The number of nitrogens with zero attached hydrogens (tertiary/aromatic N) is 1. The van der Waals surface area contributed by atoms with E-state index in [0.717, 1.165) is 34.7 Å². The molecule has 1 unspecified atom stereocenters. The molecule has 0 aliphatic heterocycles. The van der Waals surface area contributed by atoms with E-state index in [-0.39, 0.29) is 11.0 Å². The van der Waals surface area contributed by atoms with E-state index in [9.17, 15) is 4.79 Å². The highest BCUT2D eigenvalue weighted by Crippen LogP contribution is 2.48. The van der Waals surface area contributed by atoms with Crippen molar-refractivity contribution in [3.63, 3.8) is 0 Å². The van der Waals surface area contributed by atoms with Crippen LogP contribution in [0.1, 0.15) is 50.2 Å². The Hall–Kier alpha value is -2.53. The van der Waals surface area contributed by atoms with Gasteiger partial charge in [-0.1, -0.05) is 80.4 Å². The molecule has 0 saturated heterocycles. The van der Waals surface area contributed by atoms with E-state index in [4.69, 9.17) is 9.72 Å². The molecule has 3 aromatic rings. The van der Waals surface area contributed by atoms with Crippen LogP contribution in [0, 0.1) is 5.92 Å². The van der Waals surface area contributed by atoms with E-state index in [1.807, 2.05) is 30.3 Å². The molecule has 2 aliphatic carbocycles. The third kappa shape index (κ3) is 4.11. The van der Waals surface area contributed by atoms with Crippen molar-refractivity contribution in [1.29, 1.82) is 0 Å². The zero-order chi connectivity index (χ0) is 22.0. The number of aromatic amines is 1. The average Bonchev–Trinajstić information content (AvgIpc) is 2.83. The van der Waals surface area contributed by atoms with Gasteiger partial charge in [-0.25, -0.2) is 4.98 Å². The number of hydrogen-bond acceptors (Lipinski definition) is 4. The van der Waals surface area contributed by atoms with Crippen molar-refractivity contribution in [2.24, 2.45) is 5.92 Å². The SMILES string of the molecule is CC1(C2CCCCC2)Cc2ccccc2-c2nc(SCCOc3ccccc3)[nH]c(=O)c21. The smallest absolute Gasteiger partial charge is 0.255 e. The zero-order valence-corrected chi connectivity index (χ0v) is 19.4. The van der Waals surface area contributed by atoms with Gasteiger partial charge in [0.25, 0.3) is 5.56 Å². The second-order valence-electron chi connectivity index (χ2n) is 9.19. The first-order valence-corrected chi connectivity index (χ1v) is 12.7. The Morgan fingerprint density at radius 3 is 2.62 bits per heavy atom. The van der Waals surface area contributed by atoms with E-state index < -0.39 is 0 Å². The van der Waals surface area contributed by atoms with Crippen molar-refractivity contribution in [2.45, 2.75) is 56.0 Å². The summed E-state index contributed by atoms with van der Waals surface area (Å²) < 4.78 is 5.80. The minimum absolute atomic E-state index is 0.0315. The molecule has 1 N–H and O–H groups in total. The predicted octanol–water partition coefficient (Wildman–Crippen LogP) is 6.00. The largest absolute Gasteiger partial charge is 0.493 e. The summed E-state index contributed by atoms with van der Waals surface area (Å²) in [6.07, 6.45) is 7.15. The predicted molar refractivity (Wildman–Crippen MR) is 131 cm³/mol. The second-order valence-corrected chi connectivity index (χ2v) is 10.3. The molecule has 0 radical (unpaired) electrons. The van der Waals surface area contributed by atoms with Gasteiger partial charge in [0.1, 0.15) is 5.75 Å². The average molecular weight is 447 g/mol. The van der Waals surface area contributed by atoms with E-state index in [1.54, 1.807) is 11.8 Å². The molecule has 0 spiro atoms. The Kier molecular flexibility index (Phi) is 6.09. The van der Waals surface area contributed by atoms with Crippen LogP contribution in [0.2, 0.25) is 0 Å². The van der Waals surface area contributed by atoms with Crippen LogP contribution < -0.4 is 10.3 Å². The molecule has 0 bridgehead atoms. The Labute approximate surface area is 193 Å². The lowest BCUT2D eigenvalue weighted by molar-refractivity contribution is 0.213. The number of aromatic nitrogens is 2. The molecular formula is C27H30N2O2S. The van der Waals surface area contributed by atoms with Crippen LogP contribution in [0.25, 0.3) is 11.3 Å². The molecular weight excluding hydrogens is 416 g/mol. The molecule has 4 nitrogen and oxygen atoms in total. The standard InChI is InChI=1S/C27H30N2O2S/c1-27(20-11-4-2-5-12-20)18-19-10-8-9-15-22(19)24-23(27)25(30)29-26(28-24)32-17-16-31-21-13-6-3-7-14-21/h3,6-10,13-15,20H,2,4-5,11-12,16-18H2,1H3,(H,28,29,30). The van der Waals surface area contributed by atoms with Crippen molar-refractivity contribution in [1.82, 2.24) is 9.97 Å². The topological polar surface area (TPSA) is 55.0 Å². The molecule has 1 saturated carbocycles. The Morgan fingerprint density at radius 2 is 1.81 bits per heavy atom. The molecule has 32 heavy (non-hydrogen) atoms. The van der Waals surface area contributed by atoms with Gasteiger partial charge in [-0.15, -0.1) is 0 Å². The number of rotatable bonds is 6. The molecule has 1 fully saturated rings. The van der Waals surface area contributed by atoms with Gasteiger partial charge in [-0.05, 0) is 42.9 Å². The van der Waals surface area contributed by atoms with Crippen molar-refractivity contribution in [3.05, 3.63) is 76.1 Å². The van der Waals surface area contributed by atoms with E-state index in [1.165, 1.54) is 37.7 Å². The summed E-state index contributed by atoms with van der Waals surface area (Å²) in [5.41, 5.74) is 4.08. The molecule has 1 heterocycles. The third-order valence-electron chi connectivity index (χ3n) is 7.14. The molecule has 2 aromatic carbocycles. The summed E-state index contributed by atoms with van der Waals surface area (Å²) in [5.74, 6) is 2.11. The van der Waals surface area contributed by atoms with Crippen LogP contribution in [0.15, 0.2) is 64.5 Å². The zero-order valence-electron chi connectivity index (χ0n) is 18.6. The molecule has 166 valence electrons. The van der Waals surface area contributed by atoms with Gasteiger partial charge in [0.05, 0.1) is 17.9 Å². The van der Waals surface area contributed by atoms with Gasteiger partial charge in [0.2, 0.25) is 0 Å². The van der Waals surface area contributed by atoms with Crippen molar-refractivity contribution < 1.29 is 4.74 Å². The van der Waals surface area contributed by atoms with Crippen LogP contribution in [-0.2, 0) is 11.8 Å². The maximum absolute atomic E-state index is 13.5. The van der Waals surface area contributed by atoms with Crippen molar-refractivity contribution >= 4 is 11.8 Å².